The van der Waals surface area contributed by atoms with Gasteiger partial charge in [-0.15, -0.1) is 0 Å². The Kier molecular flexibility index (Phi) is 5.26. The van der Waals surface area contributed by atoms with Crippen molar-refractivity contribution < 1.29 is 9.18 Å². The summed E-state index contributed by atoms with van der Waals surface area (Å²) >= 11 is 0. The lowest BCUT2D eigenvalue weighted by atomic mass is 9.99. The molecule has 3 rings (SSSR count). The Bertz CT molecular complexity index is 699. The van der Waals surface area contributed by atoms with E-state index in [4.69, 9.17) is 0 Å². The van der Waals surface area contributed by atoms with Crippen LogP contribution in [0.25, 0.3) is 0 Å². The van der Waals surface area contributed by atoms with Crippen molar-refractivity contribution in [2.24, 2.45) is 5.92 Å². The van der Waals surface area contributed by atoms with Crippen molar-refractivity contribution in [2.75, 3.05) is 18.4 Å². The zero-order valence-corrected chi connectivity index (χ0v) is 14.0. The van der Waals surface area contributed by atoms with Crippen LogP contribution in [0.4, 0.5) is 10.1 Å². The molecule has 24 heavy (non-hydrogen) atoms. The summed E-state index contributed by atoms with van der Waals surface area (Å²) in [6.07, 6.45) is 2.57. The fraction of sp³-hybridized carbons (Fsp3) is 0.350. The predicted octanol–water partition coefficient (Wildman–Crippen LogP) is 4.31. The molecule has 1 saturated heterocycles. The van der Waals surface area contributed by atoms with Crippen molar-refractivity contribution in [3.8, 4) is 0 Å². The van der Waals surface area contributed by atoms with Gasteiger partial charge in [0.15, 0.2) is 0 Å². The summed E-state index contributed by atoms with van der Waals surface area (Å²) in [5.41, 5.74) is 1.94. The molecular weight excluding hydrogens is 303 g/mol. The fourth-order valence-electron chi connectivity index (χ4n) is 3.21. The molecule has 3 nitrogen and oxygen atoms in total. The van der Waals surface area contributed by atoms with Gasteiger partial charge < -0.3 is 5.32 Å². The maximum Gasteiger partial charge on any atom is 0.255 e. The lowest BCUT2D eigenvalue weighted by Crippen LogP contribution is -2.33. The minimum atomic E-state index is -0.429. The highest BCUT2D eigenvalue weighted by Gasteiger charge is 2.16. The van der Waals surface area contributed by atoms with Crippen molar-refractivity contribution in [2.45, 2.75) is 26.3 Å². The summed E-state index contributed by atoms with van der Waals surface area (Å²) in [7, 11) is 0. The number of rotatable bonds is 4. The number of piperidine rings is 1. The molecule has 0 spiro atoms. The Labute approximate surface area is 142 Å². The van der Waals surface area contributed by atoms with E-state index in [1.54, 1.807) is 30.3 Å². The number of halogens is 1. The minimum absolute atomic E-state index is 0.203. The smallest absolute Gasteiger partial charge is 0.255 e. The van der Waals surface area contributed by atoms with Gasteiger partial charge in [0.1, 0.15) is 5.82 Å². The molecule has 2 aromatic rings. The molecule has 1 amide bonds. The van der Waals surface area contributed by atoms with Crippen LogP contribution in [0.1, 0.15) is 35.7 Å². The largest absolute Gasteiger partial charge is 0.319 e. The van der Waals surface area contributed by atoms with E-state index >= 15 is 0 Å². The van der Waals surface area contributed by atoms with Gasteiger partial charge >= 0.3 is 0 Å². The van der Waals surface area contributed by atoms with Gasteiger partial charge in [-0.05, 0) is 55.1 Å². The third-order valence-electron chi connectivity index (χ3n) is 4.49. The number of anilines is 1. The topological polar surface area (TPSA) is 32.3 Å². The summed E-state index contributed by atoms with van der Waals surface area (Å²) in [6.45, 7) is 5.48. The zero-order valence-electron chi connectivity index (χ0n) is 14.0. The first kappa shape index (κ1) is 16.7. The molecule has 126 valence electrons. The average molecular weight is 326 g/mol. The molecule has 0 aromatic heterocycles. The number of nitrogens with one attached hydrogen (secondary N) is 1. The van der Waals surface area contributed by atoms with Crippen LogP contribution in [0, 0.1) is 11.7 Å². The highest BCUT2D eigenvalue weighted by Crippen LogP contribution is 2.19. The van der Waals surface area contributed by atoms with Crippen molar-refractivity contribution in [1.82, 2.24) is 4.90 Å². The van der Waals surface area contributed by atoms with E-state index in [0.717, 1.165) is 25.6 Å². The Morgan fingerprint density at radius 1 is 1.21 bits per heavy atom. The lowest BCUT2D eigenvalue weighted by molar-refractivity contribution is 0.102. The third kappa shape index (κ3) is 4.20. The second kappa shape index (κ2) is 7.58. The SMILES string of the molecule is C[C@@H]1CCCN(Cc2ccc(C(=O)Nc3ccccc3F)cc2)C1. The Hall–Kier alpha value is -2.20. The summed E-state index contributed by atoms with van der Waals surface area (Å²) in [5, 5.41) is 2.61. The third-order valence-corrected chi connectivity index (χ3v) is 4.49. The van der Waals surface area contributed by atoms with Crippen LogP contribution in [0.2, 0.25) is 0 Å². The molecule has 0 unspecified atom stereocenters. The Balaban J connectivity index is 1.61. The van der Waals surface area contributed by atoms with Crippen LogP contribution in [0.5, 0.6) is 0 Å². The van der Waals surface area contributed by atoms with Crippen LogP contribution in [0.3, 0.4) is 0 Å². The fourth-order valence-corrected chi connectivity index (χ4v) is 3.21. The van der Waals surface area contributed by atoms with Crippen LogP contribution < -0.4 is 5.32 Å². The van der Waals surface area contributed by atoms with Gasteiger partial charge in [-0.2, -0.15) is 0 Å². The lowest BCUT2D eigenvalue weighted by Gasteiger charge is -2.30. The normalized spacial score (nSPS) is 18.3. The quantitative estimate of drug-likeness (QED) is 0.908. The first-order chi connectivity index (χ1) is 11.6. The van der Waals surface area contributed by atoms with Gasteiger partial charge in [-0.3, -0.25) is 9.69 Å². The number of benzene rings is 2. The number of carbonyl (C=O) groups excluding carboxylic acids is 1. The standard InChI is InChI=1S/C20H23FN2O/c1-15-5-4-12-23(13-15)14-16-8-10-17(11-9-16)20(24)22-19-7-3-2-6-18(19)21/h2-3,6-11,15H,4-5,12-14H2,1H3,(H,22,24)/t15-/m1/s1. The highest BCUT2D eigenvalue weighted by molar-refractivity contribution is 6.04. The first-order valence-corrected chi connectivity index (χ1v) is 8.49. The summed E-state index contributed by atoms with van der Waals surface area (Å²) in [6, 6.07) is 13.8. The molecule has 2 aromatic carbocycles. The monoisotopic (exact) mass is 326 g/mol. The number of hydrogen-bond donors (Lipinski definition) is 1. The number of hydrogen-bond acceptors (Lipinski definition) is 2. The van der Waals surface area contributed by atoms with E-state index in [-0.39, 0.29) is 11.6 Å². The van der Waals surface area contributed by atoms with Crippen molar-refractivity contribution in [3.63, 3.8) is 0 Å². The van der Waals surface area contributed by atoms with Gasteiger partial charge in [0.25, 0.3) is 5.91 Å². The summed E-state index contributed by atoms with van der Waals surface area (Å²) < 4.78 is 13.6. The van der Waals surface area contributed by atoms with Crippen molar-refractivity contribution >= 4 is 11.6 Å². The second-order valence-electron chi connectivity index (χ2n) is 6.61. The molecule has 1 heterocycles. The Morgan fingerprint density at radius 3 is 2.67 bits per heavy atom. The molecule has 4 heteroatoms. The van der Waals surface area contributed by atoms with Crippen LogP contribution in [0.15, 0.2) is 48.5 Å². The number of carbonyl (C=O) groups is 1. The maximum atomic E-state index is 13.6. The second-order valence-corrected chi connectivity index (χ2v) is 6.61. The van der Waals surface area contributed by atoms with E-state index < -0.39 is 5.82 Å². The average Bonchev–Trinajstić information content (AvgIpc) is 2.57. The van der Waals surface area contributed by atoms with E-state index in [1.807, 2.05) is 12.1 Å². The van der Waals surface area contributed by atoms with Crippen LogP contribution in [-0.2, 0) is 6.54 Å². The minimum Gasteiger partial charge on any atom is -0.319 e. The van der Waals surface area contributed by atoms with Gasteiger partial charge in [0, 0.05) is 18.7 Å². The van der Waals surface area contributed by atoms with Crippen molar-refractivity contribution in [1.29, 1.82) is 0 Å². The Morgan fingerprint density at radius 2 is 1.96 bits per heavy atom. The summed E-state index contributed by atoms with van der Waals surface area (Å²) in [5.74, 6) is 0.0319. The number of para-hydroxylation sites is 1. The van der Waals surface area contributed by atoms with E-state index in [9.17, 15) is 9.18 Å². The van der Waals surface area contributed by atoms with E-state index in [2.05, 4.69) is 17.1 Å². The molecule has 0 radical (unpaired) electrons. The molecule has 0 aliphatic carbocycles. The van der Waals surface area contributed by atoms with Gasteiger partial charge in [0.05, 0.1) is 5.69 Å². The molecule has 0 bridgehead atoms. The molecular formula is C20H23FN2O. The van der Waals surface area contributed by atoms with Gasteiger partial charge in [-0.25, -0.2) is 4.39 Å². The highest BCUT2D eigenvalue weighted by atomic mass is 19.1. The van der Waals surface area contributed by atoms with Crippen molar-refractivity contribution in [3.05, 3.63) is 65.5 Å². The molecule has 1 fully saturated rings. The molecule has 1 N–H and O–H groups in total. The van der Waals surface area contributed by atoms with Crippen LogP contribution >= 0.6 is 0 Å². The van der Waals surface area contributed by atoms with Crippen LogP contribution in [-0.4, -0.2) is 23.9 Å². The number of nitrogens with zero attached hydrogens (tertiary/aromatic N) is 1. The van der Waals surface area contributed by atoms with Gasteiger partial charge in [-0.1, -0.05) is 31.2 Å². The molecule has 0 saturated carbocycles. The maximum absolute atomic E-state index is 13.6. The van der Waals surface area contributed by atoms with E-state index in [1.165, 1.54) is 24.5 Å². The molecule has 1 aliphatic rings. The number of likely N-dealkylation sites (tertiary alicyclic amines) is 1. The zero-order chi connectivity index (χ0) is 16.9. The number of amides is 1. The first-order valence-electron chi connectivity index (χ1n) is 8.49. The molecule has 1 aliphatic heterocycles. The predicted molar refractivity (Wildman–Crippen MR) is 94.5 cm³/mol. The van der Waals surface area contributed by atoms with Gasteiger partial charge in [0.2, 0.25) is 0 Å². The molecule has 1 atom stereocenters. The van der Waals surface area contributed by atoms with E-state index in [0.29, 0.717) is 5.56 Å². The summed E-state index contributed by atoms with van der Waals surface area (Å²) in [4.78, 5) is 14.7.